The van der Waals surface area contributed by atoms with Crippen LogP contribution in [-0.2, 0) is 17.6 Å². The van der Waals surface area contributed by atoms with Crippen LogP contribution in [0.3, 0.4) is 0 Å². The smallest absolute Gasteiger partial charge is 0.277 e. The molecule has 3 rings (SSSR count). The van der Waals surface area contributed by atoms with Crippen LogP contribution in [0, 0.1) is 10.1 Å². The Morgan fingerprint density at radius 3 is 2.38 bits per heavy atom. The van der Waals surface area contributed by atoms with E-state index in [4.69, 9.17) is 15.2 Å². The van der Waals surface area contributed by atoms with Gasteiger partial charge in [-0.15, -0.1) is 12.4 Å². The SMILES string of the molecule is Cl.NCCN(CCc1ccccc1)C(=O)Cc1cc2c(cc1[N+](=O)[O-])OCCO2. The van der Waals surface area contributed by atoms with Gasteiger partial charge in [-0.3, -0.25) is 14.9 Å². The Morgan fingerprint density at radius 2 is 1.76 bits per heavy atom. The highest BCUT2D eigenvalue weighted by atomic mass is 35.5. The van der Waals surface area contributed by atoms with Crippen molar-refractivity contribution in [1.82, 2.24) is 4.90 Å². The molecule has 0 aromatic heterocycles. The van der Waals surface area contributed by atoms with Gasteiger partial charge in [0.05, 0.1) is 17.4 Å². The van der Waals surface area contributed by atoms with Gasteiger partial charge in [-0.2, -0.15) is 0 Å². The number of benzene rings is 2. The first-order valence-corrected chi connectivity index (χ1v) is 9.17. The highest BCUT2D eigenvalue weighted by molar-refractivity contribution is 5.85. The number of rotatable bonds is 8. The minimum absolute atomic E-state index is 0. The summed E-state index contributed by atoms with van der Waals surface area (Å²) in [6.45, 7) is 1.92. The second-order valence-electron chi connectivity index (χ2n) is 6.46. The van der Waals surface area contributed by atoms with Crippen LogP contribution < -0.4 is 15.2 Å². The van der Waals surface area contributed by atoms with Gasteiger partial charge in [0, 0.05) is 25.2 Å². The van der Waals surface area contributed by atoms with E-state index in [1.807, 2.05) is 30.3 Å². The Kier molecular flexibility index (Phi) is 8.23. The van der Waals surface area contributed by atoms with Crippen LogP contribution >= 0.6 is 12.4 Å². The summed E-state index contributed by atoms with van der Waals surface area (Å²) in [4.78, 5) is 25.4. The lowest BCUT2D eigenvalue weighted by Crippen LogP contribution is -2.38. The first-order valence-electron chi connectivity index (χ1n) is 9.17. The summed E-state index contributed by atoms with van der Waals surface area (Å²) >= 11 is 0. The molecule has 2 N–H and O–H groups in total. The van der Waals surface area contributed by atoms with E-state index in [9.17, 15) is 14.9 Å². The molecule has 8 nitrogen and oxygen atoms in total. The molecule has 0 bridgehead atoms. The molecule has 1 amide bonds. The third kappa shape index (κ3) is 5.82. The zero-order valence-electron chi connectivity index (χ0n) is 15.9. The fraction of sp³-hybridized carbons (Fsp3) is 0.350. The molecule has 0 aliphatic carbocycles. The monoisotopic (exact) mass is 421 g/mol. The Hall–Kier alpha value is -2.84. The molecule has 0 saturated heterocycles. The predicted octanol–water partition coefficient (Wildman–Crippen LogP) is 2.36. The van der Waals surface area contributed by atoms with Gasteiger partial charge in [-0.05, 0) is 18.1 Å². The number of halogens is 1. The number of fused-ring (bicyclic) bond motifs is 1. The second kappa shape index (κ2) is 10.6. The molecule has 9 heteroatoms. The number of carbonyl (C=O) groups is 1. The van der Waals surface area contributed by atoms with E-state index in [1.165, 1.54) is 12.1 Å². The molecule has 2 aromatic carbocycles. The summed E-state index contributed by atoms with van der Waals surface area (Å²) in [5.41, 5.74) is 6.94. The van der Waals surface area contributed by atoms with Crippen LogP contribution in [0.2, 0.25) is 0 Å². The van der Waals surface area contributed by atoms with Crippen molar-refractivity contribution in [2.24, 2.45) is 5.73 Å². The molecule has 0 unspecified atom stereocenters. The first kappa shape index (κ1) is 22.4. The van der Waals surface area contributed by atoms with Gasteiger partial charge in [0.25, 0.3) is 5.69 Å². The summed E-state index contributed by atoms with van der Waals surface area (Å²) in [6.07, 6.45) is 0.595. The molecule has 1 heterocycles. The van der Waals surface area contributed by atoms with Crippen LogP contribution in [0.15, 0.2) is 42.5 Å². The molecular formula is C20H24ClN3O5. The zero-order chi connectivity index (χ0) is 19.9. The summed E-state index contributed by atoms with van der Waals surface area (Å²) < 4.78 is 10.9. The molecule has 29 heavy (non-hydrogen) atoms. The molecule has 0 fully saturated rings. The molecule has 0 spiro atoms. The number of nitro benzene ring substituents is 1. The number of hydrogen-bond donors (Lipinski definition) is 1. The molecule has 0 radical (unpaired) electrons. The van der Waals surface area contributed by atoms with E-state index in [1.54, 1.807) is 4.90 Å². The first-order chi connectivity index (χ1) is 13.6. The fourth-order valence-corrected chi connectivity index (χ4v) is 3.13. The van der Waals surface area contributed by atoms with Crippen molar-refractivity contribution >= 4 is 24.0 Å². The number of ether oxygens (including phenoxy) is 2. The zero-order valence-corrected chi connectivity index (χ0v) is 16.7. The van der Waals surface area contributed by atoms with Crippen molar-refractivity contribution in [1.29, 1.82) is 0 Å². The maximum atomic E-state index is 12.8. The van der Waals surface area contributed by atoms with Crippen molar-refractivity contribution in [2.45, 2.75) is 12.8 Å². The molecule has 0 saturated carbocycles. The Morgan fingerprint density at radius 1 is 1.10 bits per heavy atom. The molecule has 1 aliphatic heterocycles. The van der Waals surface area contributed by atoms with E-state index in [-0.39, 0.29) is 30.4 Å². The van der Waals surface area contributed by atoms with Gasteiger partial charge in [-0.1, -0.05) is 30.3 Å². The Balaban J connectivity index is 0.00000300. The number of nitrogens with two attached hydrogens (primary N) is 1. The third-order valence-electron chi connectivity index (χ3n) is 4.55. The maximum absolute atomic E-state index is 12.8. The quantitative estimate of drug-likeness (QED) is 0.517. The number of amides is 1. The largest absolute Gasteiger partial charge is 0.486 e. The van der Waals surface area contributed by atoms with Crippen molar-refractivity contribution in [3.63, 3.8) is 0 Å². The van der Waals surface area contributed by atoms with Crippen LogP contribution in [0.4, 0.5) is 5.69 Å². The van der Waals surface area contributed by atoms with Crippen LogP contribution in [-0.4, -0.2) is 48.6 Å². The molecular weight excluding hydrogens is 398 g/mol. The van der Waals surface area contributed by atoms with E-state index >= 15 is 0 Å². The number of hydrogen-bond acceptors (Lipinski definition) is 6. The topological polar surface area (TPSA) is 108 Å². The van der Waals surface area contributed by atoms with Crippen LogP contribution in [0.25, 0.3) is 0 Å². The predicted molar refractivity (Wildman–Crippen MR) is 111 cm³/mol. The van der Waals surface area contributed by atoms with Crippen molar-refractivity contribution in [3.05, 3.63) is 63.7 Å². The highest BCUT2D eigenvalue weighted by Gasteiger charge is 2.25. The number of nitrogens with zero attached hydrogens (tertiary/aromatic N) is 2. The van der Waals surface area contributed by atoms with Gasteiger partial charge in [0.15, 0.2) is 11.5 Å². The molecule has 2 aromatic rings. The lowest BCUT2D eigenvalue weighted by Gasteiger charge is -2.23. The van der Waals surface area contributed by atoms with Crippen molar-refractivity contribution in [3.8, 4) is 11.5 Å². The van der Waals surface area contributed by atoms with Crippen molar-refractivity contribution < 1.29 is 19.2 Å². The Bertz CT molecular complexity index is 848. The lowest BCUT2D eigenvalue weighted by atomic mass is 10.1. The minimum Gasteiger partial charge on any atom is -0.486 e. The Labute approximate surface area is 175 Å². The van der Waals surface area contributed by atoms with Crippen LogP contribution in [0.1, 0.15) is 11.1 Å². The van der Waals surface area contributed by atoms with E-state index in [0.29, 0.717) is 56.3 Å². The minimum atomic E-state index is -0.502. The summed E-state index contributed by atoms with van der Waals surface area (Å²) in [5.74, 6) is 0.549. The van der Waals surface area contributed by atoms with E-state index < -0.39 is 4.92 Å². The van der Waals surface area contributed by atoms with Crippen molar-refractivity contribution in [2.75, 3.05) is 32.8 Å². The fourth-order valence-electron chi connectivity index (χ4n) is 3.13. The van der Waals surface area contributed by atoms with Crippen LogP contribution in [0.5, 0.6) is 11.5 Å². The molecule has 1 aliphatic rings. The van der Waals surface area contributed by atoms with Gasteiger partial charge >= 0.3 is 0 Å². The standard InChI is InChI=1S/C20H23N3O5.ClH/c21-7-9-22(8-6-15-4-2-1-3-5-15)20(24)13-16-12-18-19(28-11-10-27-18)14-17(16)23(25)26;/h1-5,12,14H,6-11,13,21H2;1H. The normalized spacial score (nSPS) is 12.0. The summed E-state index contributed by atoms with van der Waals surface area (Å²) in [7, 11) is 0. The van der Waals surface area contributed by atoms with Gasteiger partial charge in [-0.25, -0.2) is 0 Å². The molecule has 0 atom stereocenters. The average Bonchev–Trinajstić information content (AvgIpc) is 2.71. The number of nitro groups is 1. The average molecular weight is 422 g/mol. The lowest BCUT2D eigenvalue weighted by molar-refractivity contribution is -0.385. The third-order valence-corrected chi connectivity index (χ3v) is 4.55. The van der Waals surface area contributed by atoms with Gasteiger partial charge < -0.3 is 20.1 Å². The van der Waals surface area contributed by atoms with E-state index in [2.05, 4.69) is 0 Å². The summed E-state index contributed by atoms with van der Waals surface area (Å²) in [6, 6.07) is 12.7. The number of carbonyl (C=O) groups excluding carboxylic acids is 1. The maximum Gasteiger partial charge on any atom is 0.277 e. The van der Waals surface area contributed by atoms with E-state index in [0.717, 1.165) is 5.56 Å². The second-order valence-corrected chi connectivity index (χ2v) is 6.46. The van der Waals surface area contributed by atoms with Gasteiger partial charge in [0.2, 0.25) is 5.91 Å². The molecule has 156 valence electrons. The summed E-state index contributed by atoms with van der Waals surface area (Å²) in [5, 5.41) is 11.5. The van der Waals surface area contributed by atoms with Gasteiger partial charge in [0.1, 0.15) is 13.2 Å². The highest BCUT2D eigenvalue weighted by Crippen LogP contribution is 2.36.